The molecular formula is C17H23ClN2. The number of benzene rings is 1. The van der Waals surface area contributed by atoms with E-state index in [0.717, 1.165) is 17.1 Å². The Morgan fingerprint density at radius 2 is 1.95 bits per heavy atom. The second-order valence-electron chi connectivity index (χ2n) is 6.69. The molecule has 0 aromatic heterocycles. The summed E-state index contributed by atoms with van der Waals surface area (Å²) in [5, 5.41) is 4.86. The van der Waals surface area contributed by atoms with Crippen LogP contribution >= 0.6 is 11.6 Å². The van der Waals surface area contributed by atoms with Crippen molar-refractivity contribution in [3.63, 3.8) is 0 Å². The van der Waals surface area contributed by atoms with Gasteiger partial charge in [-0.15, -0.1) is 0 Å². The number of fused-ring (bicyclic) bond motifs is 1. The summed E-state index contributed by atoms with van der Waals surface area (Å²) in [6.45, 7) is 2.64. The summed E-state index contributed by atoms with van der Waals surface area (Å²) in [6, 6.07) is 10.6. The zero-order valence-electron chi connectivity index (χ0n) is 11.9. The molecule has 1 saturated carbocycles. The minimum atomic E-state index is 0.669. The predicted octanol–water partition coefficient (Wildman–Crippen LogP) is 3.41. The van der Waals surface area contributed by atoms with Crippen molar-refractivity contribution < 1.29 is 0 Å². The van der Waals surface area contributed by atoms with Gasteiger partial charge in [-0.3, -0.25) is 4.90 Å². The van der Waals surface area contributed by atoms with Crippen LogP contribution < -0.4 is 5.32 Å². The van der Waals surface area contributed by atoms with Crippen molar-refractivity contribution in [1.82, 2.24) is 10.2 Å². The molecule has 1 aromatic rings. The van der Waals surface area contributed by atoms with Crippen molar-refractivity contribution in [3.8, 4) is 0 Å². The number of nitrogens with one attached hydrogen (secondary N) is 1. The third kappa shape index (κ3) is 2.28. The lowest BCUT2D eigenvalue weighted by Gasteiger charge is -2.39. The van der Waals surface area contributed by atoms with E-state index in [4.69, 9.17) is 11.6 Å². The SMILES string of the molecule is Clc1ccccc1C1CC(NC2CCN3CCCC23)C1. The maximum atomic E-state index is 6.30. The highest BCUT2D eigenvalue weighted by molar-refractivity contribution is 6.31. The van der Waals surface area contributed by atoms with Crippen LogP contribution in [-0.2, 0) is 0 Å². The molecule has 3 fully saturated rings. The van der Waals surface area contributed by atoms with Gasteiger partial charge in [-0.1, -0.05) is 29.8 Å². The van der Waals surface area contributed by atoms with Gasteiger partial charge in [0.1, 0.15) is 0 Å². The molecule has 3 heteroatoms. The molecule has 1 aromatic carbocycles. The summed E-state index contributed by atoms with van der Waals surface area (Å²) < 4.78 is 0. The van der Waals surface area contributed by atoms with E-state index < -0.39 is 0 Å². The average Bonchev–Trinajstić information content (AvgIpc) is 2.98. The fraction of sp³-hybridized carbons (Fsp3) is 0.647. The number of halogens is 1. The lowest BCUT2D eigenvalue weighted by molar-refractivity contribution is 0.234. The van der Waals surface area contributed by atoms with E-state index in [2.05, 4.69) is 22.3 Å². The van der Waals surface area contributed by atoms with Gasteiger partial charge in [0.25, 0.3) is 0 Å². The van der Waals surface area contributed by atoms with Crippen LogP contribution in [0.3, 0.4) is 0 Å². The monoisotopic (exact) mass is 290 g/mol. The maximum absolute atomic E-state index is 6.30. The van der Waals surface area contributed by atoms with Crippen molar-refractivity contribution in [2.45, 2.75) is 56.1 Å². The van der Waals surface area contributed by atoms with E-state index in [9.17, 15) is 0 Å². The molecule has 108 valence electrons. The molecule has 1 aliphatic carbocycles. The number of hydrogen-bond acceptors (Lipinski definition) is 2. The first kappa shape index (κ1) is 13.1. The maximum Gasteiger partial charge on any atom is 0.0440 e. The quantitative estimate of drug-likeness (QED) is 0.918. The van der Waals surface area contributed by atoms with Gasteiger partial charge in [0.2, 0.25) is 0 Å². The fourth-order valence-corrected chi connectivity index (χ4v) is 4.68. The Kier molecular flexibility index (Phi) is 3.49. The Bertz CT molecular complexity index is 484. The van der Waals surface area contributed by atoms with E-state index in [1.807, 2.05) is 12.1 Å². The van der Waals surface area contributed by atoms with E-state index >= 15 is 0 Å². The van der Waals surface area contributed by atoms with E-state index in [-0.39, 0.29) is 0 Å². The van der Waals surface area contributed by atoms with Gasteiger partial charge < -0.3 is 5.32 Å². The molecule has 1 N–H and O–H groups in total. The zero-order valence-corrected chi connectivity index (χ0v) is 12.6. The smallest absolute Gasteiger partial charge is 0.0440 e. The largest absolute Gasteiger partial charge is 0.310 e. The second-order valence-corrected chi connectivity index (χ2v) is 7.10. The average molecular weight is 291 g/mol. The highest BCUT2D eigenvalue weighted by atomic mass is 35.5. The molecule has 2 saturated heterocycles. The molecule has 2 nitrogen and oxygen atoms in total. The van der Waals surface area contributed by atoms with Gasteiger partial charge in [-0.2, -0.15) is 0 Å². The van der Waals surface area contributed by atoms with Crippen LogP contribution in [0.25, 0.3) is 0 Å². The first-order chi connectivity index (χ1) is 9.81. The first-order valence-corrected chi connectivity index (χ1v) is 8.43. The van der Waals surface area contributed by atoms with Crippen LogP contribution in [-0.4, -0.2) is 36.1 Å². The minimum Gasteiger partial charge on any atom is -0.310 e. The Hall–Kier alpha value is -0.570. The molecule has 0 bridgehead atoms. The molecule has 0 amide bonds. The molecule has 2 atom stereocenters. The van der Waals surface area contributed by atoms with Crippen molar-refractivity contribution in [3.05, 3.63) is 34.9 Å². The fourth-order valence-electron chi connectivity index (χ4n) is 4.39. The van der Waals surface area contributed by atoms with Crippen LogP contribution in [0.1, 0.15) is 43.6 Å². The van der Waals surface area contributed by atoms with Crippen molar-refractivity contribution in [2.24, 2.45) is 0 Å². The van der Waals surface area contributed by atoms with Crippen molar-refractivity contribution in [1.29, 1.82) is 0 Å². The molecular weight excluding hydrogens is 268 g/mol. The van der Waals surface area contributed by atoms with Crippen LogP contribution in [0.4, 0.5) is 0 Å². The topological polar surface area (TPSA) is 15.3 Å². The third-order valence-electron chi connectivity index (χ3n) is 5.54. The predicted molar refractivity (Wildman–Crippen MR) is 83.4 cm³/mol. The van der Waals surface area contributed by atoms with Gasteiger partial charge >= 0.3 is 0 Å². The molecule has 2 heterocycles. The Morgan fingerprint density at radius 1 is 1.10 bits per heavy atom. The van der Waals surface area contributed by atoms with Crippen LogP contribution in [0.5, 0.6) is 0 Å². The standard InChI is InChI=1S/C17H23ClN2/c18-15-5-2-1-4-14(15)12-10-13(11-12)19-16-7-9-20-8-3-6-17(16)20/h1-2,4-5,12-13,16-17,19H,3,6-11H2. The second kappa shape index (κ2) is 5.32. The summed E-state index contributed by atoms with van der Waals surface area (Å²) in [5.41, 5.74) is 1.35. The molecule has 0 radical (unpaired) electrons. The van der Waals surface area contributed by atoms with Gasteiger partial charge in [0, 0.05) is 29.7 Å². The lowest BCUT2D eigenvalue weighted by Crippen LogP contribution is -2.49. The molecule has 20 heavy (non-hydrogen) atoms. The highest BCUT2D eigenvalue weighted by Crippen LogP contribution is 2.41. The number of rotatable bonds is 3. The molecule has 4 rings (SSSR count). The summed E-state index contributed by atoms with van der Waals surface area (Å²) in [6.07, 6.45) is 6.66. The third-order valence-corrected chi connectivity index (χ3v) is 5.88. The van der Waals surface area contributed by atoms with Gasteiger partial charge in [-0.25, -0.2) is 0 Å². The van der Waals surface area contributed by atoms with Crippen LogP contribution in [0, 0.1) is 0 Å². The molecule has 2 unspecified atom stereocenters. The van der Waals surface area contributed by atoms with Crippen molar-refractivity contribution in [2.75, 3.05) is 13.1 Å². The Balaban J connectivity index is 1.32. The Morgan fingerprint density at radius 3 is 2.80 bits per heavy atom. The summed E-state index contributed by atoms with van der Waals surface area (Å²) in [5.74, 6) is 0.669. The first-order valence-electron chi connectivity index (χ1n) is 8.06. The summed E-state index contributed by atoms with van der Waals surface area (Å²) in [4.78, 5) is 2.68. The van der Waals surface area contributed by atoms with Gasteiger partial charge in [-0.05, 0) is 56.2 Å². The highest BCUT2D eigenvalue weighted by Gasteiger charge is 2.40. The zero-order chi connectivity index (χ0) is 13.5. The van der Waals surface area contributed by atoms with Crippen LogP contribution in [0.15, 0.2) is 24.3 Å². The van der Waals surface area contributed by atoms with E-state index in [1.165, 1.54) is 50.8 Å². The van der Waals surface area contributed by atoms with Gasteiger partial charge in [0.05, 0.1) is 0 Å². The summed E-state index contributed by atoms with van der Waals surface area (Å²) in [7, 11) is 0. The Labute approximate surface area is 126 Å². The molecule has 3 aliphatic rings. The number of hydrogen-bond donors (Lipinski definition) is 1. The lowest BCUT2D eigenvalue weighted by atomic mass is 9.75. The van der Waals surface area contributed by atoms with E-state index in [0.29, 0.717) is 12.0 Å². The number of nitrogens with zero attached hydrogens (tertiary/aromatic N) is 1. The van der Waals surface area contributed by atoms with Crippen molar-refractivity contribution >= 4 is 11.6 Å². The van der Waals surface area contributed by atoms with Gasteiger partial charge in [0.15, 0.2) is 0 Å². The molecule has 2 aliphatic heterocycles. The minimum absolute atomic E-state index is 0.669. The summed E-state index contributed by atoms with van der Waals surface area (Å²) >= 11 is 6.30. The molecule has 0 spiro atoms. The van der Waals surface area contributed by atoms with E-state index in [1.54, 1.807) is 0 Å². The van der Waals surface area contributed by atoms with Crippen LogP contribution in [0.2, 0.25) is 5.02 Å². The normalized spacial score (nSPS) is 36.9.